The summed E-state index contributed by atoms with van der Waals surface area (Å²) in [6.45, 7) is 2.59. The van der Waals surface area contributed by atoms with Gasteiger partial charge in [0.15, 0.2) is 9.84 Å². The second kappa shape index (κ2) is 10.1. The highest BCUT2D eigenvalue weighted by molar-refractivity contribution is 7.91. The quantitative estimate of drug-likeness (QED) is 0.513. The summed E-state index contributed by atoms with van der Waals surface area (Å²) < 4.78 is 47.3. The lowest BCUT2D eigenvalue weighted by atomic mass is 9.97. The summed E-state index contributed by atoms with van der Waals surface area (Å²) in [5.74, 6) is -2.10. The molecule has 2 aromatic carbocycles. The van der Waals surface area contributed by atoms with E-state index in [0.29, 0.717) is 42.4 Å². The highest BCUT2D eigenvalue weighted by Crippen LogP contribution is 2.38. The largest absolute Gasteiger partial charge is 0.420 e. The molecule has 2 aliphatic heterocycles. The van der Waals surface area contributed by atoms with Gasteiger partial charge < -0.3 is 20.0 Å². The van der Waals surface area contributed by atoms with Gasteiger partial charge in [0.2, 0.25) is 17.7 Å². The van der Waals surface area contributed by atoms with E-state index in [1.807, 2.05) is 0 Å². The first-order valence-corrected chi connectivity index (χ1v) is 14.0. The molecule has 3 aromatic rings. The number of hydrogen-bond acceptors (Lipinski definition) is 8. The summed E-state index contributed by atoms with van der Waals surface area (Å²) in [4.78, 5) is 27.4. The molecule has 0 bridgehead atoms. The Morgan fingerprint density at radius 3 is 2.53 bits per heavy atom. The summed E-state index contributed by atoms with van der Waals surface area (Å²) in [5, 5.41) is 8.60. The van der Waals surface area contributed by atoms with Gasteiger partial charge in [-0.3, -0.25) is 9.59 Å². The van der Waals surface area contributed by atoms with Crippen LogP contribution in [0.25, 0.3) is 11.5 Å². The molecule has 2 N–H and O–H groups in total. The highest BCUT2D eigenvalue weighted by atomic mass is 35.5. The topological polar surface area (TPSA) is 140 Å². The summed E-state index contributed by atoms with van der Waals surface area (Å²) in [7, 11) is -4.09. The number of fused-ring (bicyclic) bond motifs is 1. The third-order valence-corrected chi connectivity index (χ3v) is 8.92. The summed E-state index contributed by atoms with van der Waals surface area (Å²) in [6.07, 6.45) is 1.24. The third kappa shape index (κ3) is 5.03. The number of likely N-dealkylation sites (tertiary alicyclic amines) is 1. The molecule has 10 nitrogen and oxygen atoms in total. The van der Waals surface area contributed by atoms with Crippen LogP contribution >= 0.6 is 11.6 Å². The van der Waals surface area contributed by atoms with Gasteiger partial charge in [0, 0.05) is 31.0 Å². The first-order valence-electron chi connectivity index (χ1n) is 12.0. The Kier molecular flexibility index (Phi) is 6.97. The van der Waals surface area contributed by atoms with Gasteiger partial charge in [-0.15, -0.1) is 10.2 Å². The first-order chi connectivity index (χ1) is 18.0. The number of benzene rings is 2. The van der Waals surface area contributed by atoms with Crippen molar-refractivity contribution < 1.29 is 26.8 Å². The van der Waals surface area contributed by atoms with Crippen molar-refractivity contribution in [2.75, 3.05) is 23.7 Å². The lowest BCUT2D eigenvalue weighted by Crippen LogP contribution is -2.45. The Hall–Kier alpha value is -3.35. The number of amides is 2. The van der Waals surface area contributed by atoms with Crippen LogP contribution < -0.4 is 10.6 Å². The van der Waals surface area contributed by atoms with E-state index in [4.69, 9.17) is 21.8 Å². The van der Waals surface area contributed by atoms with Crippen molar-refractivity contribution in [3.05, 3.63) is 58.7 Å². The number of aromatic nitrogens is 2. The number of nitrogens with two attached hydrogens (primary N) is 1. The zero-order valence-electron chi connectivity index (χ0n) is 20.4. The Balaban J connectivity index is 1.53. The molecule has 0 aliphatic carbocycles. The van der Waals surface area contributed by atoms with Crippen molar-refractivity contribution in [3.8, 4) is 11.5 Å². The lowest BCUT2D eigenvalue weighted by molar-refractivity contribution is -0.129. The van der Waals surface area contributed by atoms with Crippen LogP contribution in [0.2, 0.25) is 5.02 Å². The number of halogens is 2. The van der Waals surface area contributed by atoms with Crippen molar-refractivity contribution >= 4 is 38.9 Å². The van der Waals surface area contributed by atoms with Crippen LogP contribution in [0, 0.1) is 5.82 Å². The van der Waals surface area contributed by atoms with Crippen LogP contribution in [-0.2, 0) is 26.0 Å². The molecule has 2 aliphatic rings. The van der Waals surface area contributed by atoms with E-state index in [2.05, 4.69) is 10.2 Å². The Morgan fingerprint density at radius 1 is 1.18 bits per heavy atom. The molecule has 1 saturated heterocycles. The normalized spacial score (nSPS) is 19.8. The zero-order chi connectivity index (χ0) is 27.2. The molecule has 38 heavy (non-hydrogen) atoms. The molecule has 13 heteroatoms. The average Bonchev–Trinajstić information content (AvgIpc) is 3.35. The van der Waals surface area contributed by atoms with Crippen molar-refractivity contribution in [3.63, 3.8) is 0 Å². The van der Waals surface area contributed by atoms with Gasteiger partial charge >= 0.3 is 0 Å². The van der Waals surface area contributed by atoms with Crippen LogP contribution in [0.1, 0.15) is 37.1 Å². The second-order valence-electron chi connectivity index (χ2n) is 9.46. The fraction of sp³-hybridized carbons (Fsp3) is 0.360. The standard InChI is InChI=1S/C25H25ClFN5O5S/c1-14(33)31-8-6-16(7-9-31)23-29-30-24(37-23)18-10-21-22(11-19(18)27)38(35,36)13-20(28)25(34)32(21)12-15-2-4-17(26)5-3-15/h2-5,10-11,16,20H,6-9,12-13,28H2,1H3/t20-/m0/s1. The number of carbonyl (C=O) groups excluding carboxylic acids is 2. The number of carbonyl (C=O) groups is 2. The second-order valence-corrected chi connectivity index (χ2v) is 11.9. The number of sulfone groups is 1. The molecule has 0 radical (unpaired) electrons. The molecule has 0 unspecified atom stereocenters. The maximum Gasteiger partial charge on any atom is 0.250 e. The SMILES string of the molecule is CC(=O)N1CCC(c2nnc(-c3cc4c(cc3F)S(=O)(=O)C[C@H](N)C(=O)N4Cc3ccc(Cl)cc3)o2)CC1. The van der Waals surface area contributed by atoms with E-state index in [1.165, 1.54) is 17.9 Å². The predicted molar refractivity (Wildman–Crippen MR) is 137 cm³/mol. The average molecular weight is 562 g/mol. The molecule has 5 rings (SSSR count). The monoisotopic (exact) mass is 561 g/mol. The minimum atomic E-state index is -4.09. The Bertz CT molecular complexity index is 1500. The van der Waals surface area contributed by atoms with Gasteiger partial charge in [-0.25, -0.2) is 12.8 Å². The molecule has 3 heterocycles. The maximum absolute atomic E-state index is 15.3. The van der Waals surface area contributed by atoms with E-state index >= 15 is 4.39 Å². The van der Waals surface area contributed by atoms with E-state index in [-0.39, 0.29) is 40.4 Å². The number of nitrogens with zero attached hydrogens (tertiary/aromatic N) is 4. The summed E-state index contributed by atoms with van der Waals surface area (Å²) in [6, 6.07) is 7.47. The van der Waals surface area contributed by atoms with Crippen molar-refractivity contribution in [2.45, 2.75) is 43.2 Å². The van der Waals surface area contributed by atoms with Gasteiger partial charge in [0.25, 0.3) is 5.89 Å². The molecule has 200 valence electrons. The van der Waals surface area contributed by atoms with Gasteiger partial charge in [-0.2, -0.15) is 0 Å². The molecule has 0 spiro atoms. The molecular weight excluding hydrogens is 537 g/mol. The van der Waals surface area contributed by atoms with E-state index < -0.39 is 33.4 Å². The Labute approximate surface area is 223 Å². The number of rotatable bonds is 4. The van der Waals surface area contributed by atoms with Gasteiger partial charge in [-0.1, -0.05) is 23.7 Å². The fourth-order valence-electron chi connectivity index (χ4n) is 4.77. The van der Waals surface area contributed by atoms with Gasteiger partial charge in [0.05, 0.1) is 34.5 Å². The molecule has 0 saturated carbocycles. The minimum Gasteiger partial charge on any atom is -0.420 e. The van der Waals surface area contributed by atoms with Crippen LogP contribution in [0.5, 0.6) is 0 Å². The third-order valence-electron chi connectivity index (χ3n) is 6.87. The zero-order valence-corrected chi connectivity index (χ0v) is 22.0. The van der Waals surface area contributed by atoms with E-state index in [0.717, 1.165) is 6.07 Å². The minimum absolute atomic E-state index is 0.00547. The lowest BCUT2D eigenvalue weighted by Gasteiger charge is -2.29. The fourth-order valence-corrected chi connectivity index (χ4v) is 6.46. The molecule has 1 aromatic heterocycles. The molecule has 1 fully saturated rings. The first kappa shape index (κ1) is 26.3. The smallest absolute Gasteiger partial charge is 0.250 e. The number of hydrogen-bond donors (Lipinski definition) is 1. The van der Waals surface area contributed by atoms with Crippen LogP contribution in [0.3, 0.4) is 0 Å². The number of anilines is 1. The molecule has 1 atom stereocenters. The highest BCUT2D eigenvalue weighted by Gasteiger charge is 2.37. The van der Waals surface area contributed by atoms with Crippen LogP contribution in [-0.4, -0.2) is 60.2 Å². The number of piperidine rings is 1. The van der Waals surface area contributed by atoms with Crippen molar-refractivity contribution in [2.24, 2.45) is 5.73 Å². The van der Waals surface area contributed by atoms with Crippen LogP contribution in [0.4, 0.5) is 10.1 Å². The Morgan fingerprint density at radius 2 is 1.87 bits per heavy atom. The van der Waals surface area contributed by atoms with E-state index in [1.54, 1.807) is 29.2 Å². The molecular formula is C25H25ClFN5O5S. The summed E-state index contributed by atoms with van der Waals surface area (Å²) >= 11 is 5.97. The van der Waals surface area contributed by atoms with Crippen LogP contribution in [0.15, 0.2) is 45.7 Å². The van der Waals surface area contributed by atoms with Crippen molar-refractivity contribution in [1.82, 2.24) is 15.1 Å². The molecule has 2 amide bonds. The van der Waals surface area contributed by atoms with Gasteiger partial charge in [0.1, 0.15) is 5.82 Å². The predicted octanol–water partition coefficient (Wildman–Crippen LogP) is 2.90. The van der Waals surface area contributed by atoms with Gasteiger partial charge in [-0.05, 0) is 42.7 Å². The van der Waals surface area contributed by atoms with Crippen molar-refractivity contribution in [1.29, 1.82) is 0 Å². The van der Waals surface area contributed by atoms with E-state index in [9.17, 15) is 18.0 Å². The maximum atomic E-state index is 15.3. The summed E-state index contributed by atoms with van der Waals surface area (Å²) in [5.41, 5.74) is 6.46.